The van der Waals surface area contributed by atoms with Gasteiger partial charge in [-0.25, -0.2) is 0 Å². The average Bonchev–Trinajstić information content (AvgIpc) is 2.33. The van der Waals surface area contributed by atoms with E-state index in [1.165, 1.54) is 0 Å². The van der Waals surface area contributed by atoms with Crippen molar-refractivity contribution in [2.75, 3.05) is 56.4 Å². The third-order valence-corrected chi connectivity index (χ3v) is 2.46. The summed E-state index contributed by atoms with van der Waals surface area (Å²) in [6, 6.07) is 0. The Hall–Kier alpha value is -1.63. The summed E-state index contributed by atoms with van der Waals surface area (Å²) in [4.78, 5) is 16.6. The normalized spacial score (nSPS) is 10.8. The minimum absolute atomic E-state index is 0.236. The highest BCUT2D eigenvalue weighted by molar-refractivity contribution is 5.42. The van der Waals surface area contributed by atoms with E-state index in [0.717, 1.165) is 13.1 Å². The molecule has 0 aliphatic rings. The van der Waals surface area contributed by atoms with Crippen LogP contribution in [0.5, 0.6) is 0 Å². The molecule has 0 unspecified atom stereocenters. The van der Waals surface area contributed by atoms with Gasteiger partial charge >= 0.3 is 0 Å². The molecule has 0 saturated heterocycles. The second kappa shape index (κ2) is 7.08. The van der Waals surface area contributed by atoms with Crippen molar-refractivity contribution in [2.24, 2.45) is 5.92 Å². The quantitative estimate of drug-likeness (QED) is 0.776. The summed E-state index contributed by atoms with van der Waals surface area (Å²) in [5, 5.41) is 0. The number of hydrogen-bond acceptors (Lipinski definition) is 7. The fraction of sp³-hybridized carbons (Fsp3) is 0.750. The first-order chi connectivity index (χ1) is 8.93. The maximum atomic E-state index is 5.75. The third-order valence-electron chi connectivity index (χ3n) is 2.46. The van der Waals surface area contributed by atoms with Gasteiger partial charge in [-0.2, -0.15) is 15.0 Å². The van der Waals surface area contributed by atoms with E-state index in [4.69, 9.17) is 10.5 Å². The van der Waals surface area contributed by atoms with Crippen molar-refractivity contribution in [3.8, 4) is 0 Å². The molecule has 0 spiro atoms. The van der Waals surface area contributed by atoms with Gasteiger partial charge in [0.25, 0.3) is 0 Å². The van der Waals surface area contributed by atoms with E-state index in [-0.39, 0.29) is 5.95 Å². The molecular weight excluding hydrogens is 244 g/mol. The largest absolute Gasteiger partial charge is 0.383 e. The number of hydrogen-bond donors (Lipinski definition) is 1. The fourth-order valence-corrected chi connectivity index (χ4v) is 1.63. The SMILES string of the molecule is COCCN(CC(C)C)c1nc(N)nc(N(C)C)n1. The summed E-state index contributed by atoms with van der Waals surface area (Å²) in [5.74, 6) is 1.90. The molecule has 0 radical (unpaired) electrons. The van der Waals surface area contributed by atoms with E-state index in [1.54, 1.807) is 7.11 Å². The van der Waals surface area contributed by atoms with Crippen molar-refractivity contribution in [1.82, 2.24) is 15.0 Å². The lowest BCUT2D eigenvalue weighted by molar-refractivity contribution is 0.204. The molecule has 0 aliphatic carbocycles. The first-order valence-corrected chi connectivity index (χ1v) is 6.36. The van der Waals surface area contributed by atoms with Crippen molar-refractivity contribution in [3.05, 3.63) is 0 Å². The molecule has 108 valence electrons. The van der Waals surface area contributed by atoms with Gasteiger partial charge in [-0.15, -0.1) is 0 Å². The van der Waals surface area contributed by atoms with Crippen LogP contribution < -0.4 is 15.5 Å². The zero-order valence-electron chi connectivity index (χ0n) is 12.4. The first-order valence-electron chi connectivity index (χ1n) is 6.36. The van der Waals surface area contributed by atoms with Gasteiger partial charge in [-0.05, 0) is 5.92 Å². The van der Waals surface area contributed by atoms with Crippen molar-refractivity contribution in [3.63, 3.8) is 0 Å². The molecule has 0 fully saturated rings. The second-order valence-electron chi connectivity index (χ2n) is 5.02. The molecule has 0 amide bonds. The summed E-state index contributed by atoms with van der Waals surface area (Å²) in [6.07, 6.45) is 0. The third kappa shape index (κ3) is 4.86. The summed E-state index contributed by atoms with van der Waals surface area (Å²) in [5.41, 5.74) is 5.75. The van der Waals surface area contributed by atoms with Gasteiger partial charge in [-0.1, -0.05) is 13.8 Å². The van der Waals surface area contributed by atoms with Crippen LogP contribution in [0.4, 0.5) is 17.8 Å². The minimum atomic E-state index is 0.236. The molecule has 7 nitrogen and oxygen atoms in total. The van der Waals surface area contributed by atoms with Gasteiger partial charge in [0.1, 0.15) is 0 Å². The molecule has 0 aliphatic heterocycles. The van der Waals surface area contributed by atoms with Crippen LogP contribution in [0.15, 0.2) is 0 Å². The standard InChI is InChI=1S/C12H24N6O/c1-9(2)8-18(6-7-19-5)12-15-10(13)14-11(16-12)17(3)4/h9H,6-8H2,1-5H3,(H2,13,14,15,16). The van der Waals surface area contributed by atoms with Crippen molar-refractivity contribution in [1.29, 1.82) is 0 Å². The van der Waals surface area contributed by atoms with Crippen LogP contribution in [-0.4, -0.2) is 55.9 Å². The maximum absolute atomic E-state index is 5.75. The highest BCUT2D eigenvalue weighted by Gasteiger charge is 2.14. The van der Waals surface area contributed by atoms with Gasteiger partial charge in [0.15, 0.2) is 0 Å². The van der Waals surface area contributed by atoms with E-state index >= 15 is 0 Å². The number of nitrogens with zero attached hydrogens (tertiary/aromatic N) is 5. The number of rotatable bonds is 7. The highest BCUT2D eigenvalue weighted by Crippen LogP contribution is 2.14. The lowest BCUT2D eigenvalue weighted by Gasteiger charge is -2.25. The molecule has 7 heteroatoms. The Kier molecular flexibility index (Phi) is 5.75. The summed E-state index contributed by atoms with van der Waals surface area (Å²) in [6.45, 7) is 6.49. The first kappa shape index (κ1) is 15.4. The molecule has 0 saturated carbocycles. The van der Waals surface area contributed by atoms with Crippen molar-refractivity contribution in [2.45, 2.75) is 13.8 Å². The number of nitrogens with two attached hydrogens (primary N) is 1. The smallest absolute Gasteiger partial charge is 0.232 e. The molecule has 1 aromatic heterocycles. The van der Waals surface area contributed by atoms with Crippen LogP contribution >= 0.6 is 0 Å². The summed E-state index contributed by atoms with van der Waals surface area (Å²) in [7, 11) is 5.43. The molecule has 1 rings (SSSR count). The predicted molar refractivity (Wildman–Crippen MR) is 77.5 cm³/mol. The lowest BCUT2D eigenvalue weighted by Crippen LogP contribution is -2.33. The van der Waals surface area contributed by atoms with Gasteiger partial charge in [0.2, 0.25) is 17.8 Å². The zero-order chi connectivity index (χ0) is 14.4. The molecule has 0 bridgehead atoms. The Morgan fingerprint density at radius 1 is 1.16 bits per heavy atom. The Bertz CT molecular complexity index is 396. The van der Waals surface area contributed by atoms with Crippen LogP contribution in [0.3, 0.4) is 0 Å². The lowest BCUT2D eigenvalue weighted by atomic mass is 10.2. The van der Waals surface area contributed by atoms with E-state index < -0.39 is 0 Å². The van der Waals surface area contributed by atoms with Crippen LogP contribution in [0.25, 0.3) is 0 Å². The molecule has 19 heavy (non-hydrogen) atoms. The van der Waals surface area contributed by atoms with Gasteiger partial charge < -0.3 is 20.3 Å². The van der Waals surface area contributed by atoms with Crippen LogP contribution in [0.2, 0.25) is 0 Å². The number of aromatic nitrogens is 3. The van der Waals surface area contributed by atoms with E-state index in [1.807, 2.05) is 19.0 Å². The zero-order valence-corrected chi connectivity index (χ0v) is 12.4. The van der Waals surface area contributed by atoms with Gasteiger partial charge in [0, 0.05) is 34.3 Å². The van der Waals surface area contributed by atoms with Gasteiger partial charge in [0.05, 0.1) is 6.61 Å². The molecule has 0 atom stereocenters. The van der Waals surface area contributed by atoms with E-state index in [9.17, 15) is 0 Å². The monoisotopic (exact) mass is 268 g/mol. The Morgan fingerprint density at radius 2 is 1.79 bits per heavy atom. The molecule has 0 aromatic carbocycles. The van der Waals surface area contributed by atoms with Crippen LogP contribution in [0.1, 0.15) is 13.8 Å². The van der Waals surface area contributed by atoms with Crippen LogP contribution in [-0.2, 0) is 4.74 Å². The number of nitrogen functional groups attached to an aromatic ring is 1. The maximum Gasteiger partial charge on any atom is 0.232 e. The Morgan fingerprint density at radius 3 is 2.32 bits per heavy atom. The van der Waals surface area contributed by atoms with E-state index in [0.29, 0.717) is 24.4 Å². The highest BCUT2D eigenvalue weighted by atomic mass is 16.5. The Balaban J connectivity index is 2.99. The molecule has 1 aromatic rings. The second-order valence-corrected chi connectivity index (χ2v) is 5.02. The molecule has 2 N–H and O–H groups in total. The fourth-order valence-electron chi connectivity index (χ4n) is 1.63. The predicted octanol–water partition coefficient (Wildman–Crippen LogP) is 0.629. The number of ether oxygens (including phenoxy) is 1. The van der Waals surface area contributed by atoms with Crippen molar-refractivity contribution >= 4 is 17.8 Å². The number of anilines is 3. The van der Waals surface area contributed by atoms with E-state index in [2.05, 4.69) is 33.7 Å². The minimum Gasteiger partial charge on any atom is -0.383 e. The Labute approximate surface area is 114 Å². The molecule has 1 heterocycles. The number of methoxy groups -OCH3 is 1. The topological polar surface area (TPSA) is 80.4 Å². The average molecular weight is 268 g/mol. The van der Waals surface area contributed by atoms with Crippen LogP contribution in [0, 0.1) is 5.92 Å². The summed E-state index contributed by atoms with van der Waals surface area (Å²) < 4.78 is 5.13. The van der Waals surface area contributed by atoms with Crippen molar-refractivity contribution < 1.29 is 4.74 Å². The summed E-state index contributed by atoms with van der Waals surface area (Å²) >= 11 is 0. The molecular formula is C12H24N6O. The van der Waals surface area contributed by atoms with Gasteiger partial charge in [-0.3, -0.25) is 0 Å².